The number of nitrogens with zero attached hydrogens (tertiary/aromatic N) is 1. The van der Waals surface area contributed by atoms with Gasteiger partial charge in [0.25, 0.3) is 0 Å². The number of allylic oxidation sites excluding steroid dienone is 1. The number of carbonyl (C=O) groups excluding carboxylic acids is 1. The third-order valence-electron chi connectivity index (χ3n) is 8.22. The monoisotopic (exact) mass is 581 g/mol. The van der Waals surface area contributed by atoms with Gasteiger partial charge in [0.2, 0.25) is 0 Å². The van der Waals surface area contributed by atoms with Gasteiger partial charge in [-0.3, -0.25) is 9.59 Å². The number of carbonyl (C=O) groups is 3. The molecule has 41 heavy (non-hydrogen) atoms. The Morgan fingerprint density at radius 3 is 1.27 bits per heavy atom. The van der Waals surface area contributed by atoms with Crippen LogP contribution >= 0.6 is 0 Å². The average molecular weight is 582 g/mol. The number of carboxylic acids is 3. The summed E-state index contributed by atoms with van der Waals surface area (Å²) < 4.78 is 0.567. The Morgan fingerprint density at radius 1 is 0.512 bits per heavy atom. The number of hydrogen-bond donors (Lipinski definition) is 2. The quantitative estimate of drug-likeness (QED) is 0.0479. The number of quaternary nitrogens is 1. The fourth-order valence-electron chi connectivity index (χ4n) is 5.76. The third kappa shape index (κ3) is 28.0. The van der Waals surface area contributed by atoms with Gasteiger partial charge in [-0.1, -0.05) is 115 Å². The van der Waals surface area contributed by atoms with E-state index < -0.39 is 17.9 Å². The zero-order valence-corrected chi connectivity index (χ0v) is 26.4. The molecule has 7 heteroatoms. The summed E-state index contributed by atoms with van der Waals surface area (Å²) in [5.41, 5.74) is 0. The summed E-state index contributed by atoms with van der Waals surface area (Å²) in [5, 5.41) is 29.1. The number of carboxylic acid groups (broad SMARTS) is 3. The summed E-state index contributed by atoms with van der Waals surface area (Å²) in [6.45, 7) is 4.87. The van der Waals surface area contributed by atoms with Gasteiger partial charge < -0.3 is 24.6 Å². The van der Waals surface area contributed by atoms with Crippen molar-refractivity contribution in [1.82, 2.24) is 0 Å². The van der Waals surface area contributed by atoms with Gasteiger partial charge in [0.15, 0.2) is 0 Å². The summed E-state index contributed by atoms with van der Waals surface area (Å²) in [5.74, 6) is -2.78. The number of unbranched alkanes of at least 4 members (excludes halogenated alkanes) is 16. The maximum absolute atomic E-state index is 11.1. The van der Waals surface area contributed by atoms with Crippen LogP contribution in [0.3, 0.4) is 0 Å². The van der Waals surface area contributed by atoms with E-state index in [0.29, 0.717) is 43.4 Å². The highest BCUT2D eigenvalue weighted by Gasteiger charge is 2.26. The lowest BCUT2D eigenvalue weighted by Gasteiger charge is -2.39. The van der Waals surface area contributed by atoms with Crippen molar-refractivity contribution in [2.45, 2.75) is 161 Å². The molecule has 0 bridgehead atoms. The molecule has 0 saturated heterocycles. The van der Waals surface area contributed by atoms with Gasteiger partial charge >= 0.3 is 11.9 Å². The van der Waals surface area contributed by atoms with Crippen molar-refractivity contribution in [2.24, 2.45) is 0 Å². The van der Waals surface area contributed by atoms with Crippen LogP contribution in [0, 0.1) is 0 Å². The van der Waals surface area contributed by atoms with Crippen LogP contribution in [0.1, 0.15) is 161 Å². The Balaban J connectivity index is 4.14. The molecule has 0 aromatic heterocycles. The normalized spacial score (nSPS) is 11.8. The van der Waals surface area contributed by atoms with Gasteiger partial charge in [0.1, 0.15) is 0 Å². The highest BCUT2D eigenvalue weighted by Crippen LogP contribution is 2.17. The highest BCUT2D eigenvalue weighted by molar-refractivity contribution is 5.66. The molecular weight excluding hydrogens is 518 g/mol. The molecule has 0 saturated carbocycles. The molecule has 0 aromatic rings. The zero-order chi connectivity index (χ0) is 30.4. The second-order valence-electron chi connectivity index (χ2n) is 12.1. The lowest BCUT2D eigenvalue weighted by Crippen LogP contribution is -2.51. The van der Waals surface area contributed by atoms with E-state index in [1.807, 2.05) is 0 Å². The predicted octanol–water partition coefficient (Wildman–Crippen LogP) is 7.66. The largest absolute Gasteiger partial charge is 0.550 e. The standard InChI is InChI=1S/C34H63NO6/c1-2-3-4-5-6-7-8-9-10-11-12-13-14-15-16-17-18-19-20-21-28-35(29-22-25-32(36)37,30-23-26-33(38)39)31-24-27-34(40)41/h19-20H,2-18,21-31H2,1H3,(H2-,36,37,38,39,40,41)/b20-19+. The lowest BCUT2D eigenvalue weighted by atomic mass is 10.0. The first-order chi connectivity index (χ1) is 19.8. The van der Waals surface area contributed by atoms with Gasteiger partial charge in [-0.2, -0.15) is 0 Å². The number of hydrogen-bond acceptors (Lipinski definition) is 4. The molecule has 0 aliphatic rings. The Morgan fingerprint density at radius 2 is 0.878 bits per heavy atom. The molecule has 0 aliphatic heterocycles. The van der Waals surface area contributed by atoms with Crippen molar-refractivity contribution in [1.29, 1.82) is 0 Å². The third-order valence-corrected chi connectivity index (χ3v) is 8.22. The van der Waals surface area contributed by atoms with E-state index in [4.69, 9.17) is 10.2 Å². The minimum atomic E-state index is -1.09. The maximum Gasteiger partial charge on any atom is 0.303 e. The Labute approximate surface area is 251 Å². The summed E-state index contributed by atoms with van der Waals surface area (Å²) in [6, 6.07) is 0. The summed E-state index contributed by atoms with van der Waals surface area (Å²) in [4.78, 5) is 33.1. The van der Waals surface area contributed by atoms with Crippen LogP contribution < -0.4 is 5.11 Å². The van der Waals surface area contributed by atoms with Gasteiger partial charge in [-0.05, 0) is 19.3 Å². The van der Waals surface area contributed by atoms with Crippen LogP contribution in [0.4, 0.5) is 0 Å². The van der Waals surface area contributed by atoms with Gasteiger partial charge in [-0.25, -0.2) is 0 Å². The SMILES string of the molecule is CCCCCCCCCCCCCCCCCC/C=C/CC[N+](CCCC(=O)[O-])(CCCC(=O)O)CCCC(=O)O. The molecule has 0 unspecified atom stereocenters. The van der Waals surface area contributed by atoms with Crippen LogP contribution in [0.5, 0.6) is 0 Å². The van der Waals surface area contributed by atoms with Crippen LogP contribution in [0.15, 0.2) is 12.2 Å². The first kappa shape index (κ1) is 39.1. The van der Waals surface area contributed by atoms with Crippen molar-refractivity contribution in [2.75, 3.05) is 26.2 Å². The molecule has 0 radical (unpaired) electrons. The van der Waals surface area contributed by atoms with E-state index in [-0.39, 0.29) is 19.3 Å². The Kier molecular flexibility index (Phi) is 26.9. The van der Waals surface area contributed by atoms with E-state index in [0.717, 1.165) is 19.4 Å². The van der Waals surface area contributed by atoms with Gasteiger partial charge in [-0.15, -0.1) is 0 Å². The maximum atomic E-state index is 11.1. The molecule has 0 amide bonds. The molecule has 0 spiro atoms. The summed E-state index contributed by atoms with van der Waals surface area (Å²) in [6.07, 6.45) is 29.7. The lowest BCUT2D eigenvalue weighted by molar-refractivity contribution is -0.928. The number of aliphatic carboxylic acids is 3. The van der Waals surface area contributed by atoms with Crippen molar-refractivity contribution < 1.29 is 34.2 Å². The minimum Gasteiger partial charge on any atom is -0.550 e. The van der Waals surface area contributed by atoms with Crippen LogP contribution in [0.25, 0.3) is 0 Å². The summed E-state index contributed by atoms with van der Waals surface area (Å²) in [7, 11) is 0. The van der Waals surface area contributed by atoms with E-state index in [1.165, 1.54) is 103 Å². The molecule has 0 rings (SSSR count). The smallest absolute Gasteiger partial charge is 0.303 e. The van der Waals surface area contributed by atoms with Gasteiger partial charge in [0.05, 0.1) is 39.0 Å². The van der Waals surface area contributed by atoms with Gasteiger partial charge in [0, 0.05) is 31.7 Å². The number of rotatable bonds is 32. The van der Waals surface area contributed by atoms with E-state index in [2.05, 4.69) is 19.1 Å². The van der Waals surface area contributed by atoms with Crippen LogP contribution in [-0.2, 0) is 14.4 Å². The minimum absolute atomic E-state index is 0.0348. The molecule has 7 nitrogen and oxygen atoms in total. The first-order valence-corrected chi connectivity index (χ1v) is 16.9. The molecule has 0 aliphatic carbocycles. The predicted molar refractivity (Wildman–Crippen MR) is 166 cm³/mol. The van der Waals surface area contributed by atoms with Crippen molar-refractivity contribution in [3.63, 3.8) is 0 Å². The Bertz CT molecular complexity index is 628. The zero-order valence-electron chi connectivity index (χ0n) is 26.4. The molecule has 0 atom stereocenters. The van der Waals surface area contributed by atoms with Crippen molar-refractivity contribution in [3.05, 3.63) is 12.2 Å². The second-order valence-corrected chi connectivity index (χ2v) is 12.1. The first-order valence-electron chi connectivity index (χ1n) is 16.9. The topological polar surface area (TPSA) is 115 Å². The van der Waals surface area contributed by atoms with E-state index >= 15 is 0 Å². The molecule has 0 fully saturated rings. The fraction of sp³-hybridized carbons (Fsp3) is 0.853. The van der Waals surface area contributed by atoms with Crippen molar-refractivity contribution >= 4 is 17.9 Å². The van der Waals surface area contributed by atoms with E-state index in [9.17, 15) is 19.5 Å². The van der Waals surface area contributed by atoms with E-state index in [1.54, 1.807) is 0 Å². The molecule has 0 aromatic carbocycles. The molecule has 0 heterocycles. The average Bonchev–Trinajstić information content (AvgIpc) is 2.91. The van der Waals surface area contributed by atoms with Crippen LogP contribution in [0.2, 0.25) is 0 Å². The second kappa shape index (κ2) is 28.2. The van der Waals surface area contributed by atoms with Crippen LogP contribution in [-0.4, -0.2) is 58.8 Å². The molecule has 240 valence electrons. The Hall–Kier alpha value is -1.89. The molecule has 2 N–H and O–H groups in total. The fourth-order valence-corrected chi connectivity index (χ4v) is 5.76. The molecular formula is C34H63NO6. The highest BCUT2D eigenvalue weighted by atomic mass is 16.4. The summed E-state index contributed by atoms with van der Waals surface area (Å²) >= 11 is 0. The van der Waals surface area contributed by atoms with Crippen molar-refractivity contribution in [3.8, 4) is 0 Å².